The monoisotopic (exact) mass is 354 g/mol. The van der Waals surface area contributed by atoms with Gasteiger partial charge in [0, 0.05) is 38.8 Å². The lowest BCUT2D eigenvalue weighted by atomic mass is 10.1. The average Bonchev–Trinajstić information content (AvgIpc) is 3.36. The first kappa shape index (κ1) is 15.6. The normalized spacial score (nSPS) is 19.6. The third kappa shape index (κ3) is 3.37. The van der Waals surface area contributed by atoms with Crippen LogP contribution >= 0.6 is 0 Å². The van der Waals surface area contributed by atoms with E-state index in [9.17, 15) is 0 Å². The van der Waals surface area contributed by atoms with Crippen LogP contribution in [0.3, 0.4) is 0 Å². The number of piperazine rings is 1. The molecular weight excluding hydrogens is 332 g/mol. The molecule has 26 heavy (non-hydrogen) atoms. The van der Waals surface area contributed by atoms with E-state index in [0.717, 1.165) is 56.0 Å². The van der Waals surface area contributed by atoms with Crippen LogP contribution in [0.1, 0.15) is 18.4 Å². The van der Waals surface area contributed by atoms with Crippen LogP contribution in [0.4, 0.5) is 11.8 Å². The molecule has 1 N–H and O–H groups in total. The Labute approximate surface area is 152 Å². The molecule has 0 amide bonds. The van der Waals surface area contributed by atoms with Gasteiger partial charge >= 0.3 is 0 Å². The standard InChI is InChI=1S/C18H22N6O2/c1-4-15-16(26-12-25-15)9-13(1)11-23-5-7-24(8-6-23)18-21-17(10-19-22-18)20-14-2-3-14/h1,4,9-10,14H,2-3,5-8,11-12H2,(H,20,21,22). The number of benzene rings is 1. The van der Waals surface area contributed by atoms with Crippen molar-refractivity contribution in [2.45, 2.75) is 25.4 Å². The van der Waals surface area contributed by atoms with Gasteiger partial charge in [0.1, 0.15) is 0 Å². The van der Waals surface area contributed by atoms with E-state index in [-0.39, 0.29) is 0 Å². The van der Waals surface area contributed by atoms with E-state index in [4.69, 9.17) is 9.47 Å². The summed E-state index contributed by atoms with van der Waals surface area (Å²) in [7, 11) is 0. The SMILES string of the molecule is c1cc2c(cc1CN1CCN(c3nncc(NC4CC4)n3)CC1)OCO2. The molecule has 1 saturated carbocycles. The van der Waals surface area contributed by atoms with E-state index in [1.807, 2.05) is 6.07 Å². The minimum atomic E-state index is 0.320. The zero-order chi connectivity index (χ0) is 17.3. The molecule has 2 fully saturated rings. The van der Waals surface area contributed by atoms with Gasteiger partial charge in [0.2, 0.25) is 12.7 Å². The Morgan fingerprint density at radius 3 is 2.77 bits per heavy atom. The molecule has 2 aromatic rings. The maximum absolute atomic E-state index is 5.47. The Morgan fingerprint density at radius 1 is 1.08 bits per heavy atom. The van der Waals surface area contributed by atoms with E-state index >= 15 is 0 Å². The van der Waals surface area contributed by atoms with Crippen molar-refractivity contribution < 1.29 is 9.47 Å². The second kappa shape index (κ2) is 6.60. The molecule has 1 aliphatic carbocycles. The molecule has 1 aromatic heterocycles. The lowest BCUT2D eigenvalue weighted by Crippen LogP contribution is -2.46. The topological polar surface area (TPSA) is 75.6 Å². The van der Waals surface area contributed by atoms with Gasteiger partial charge in [0.05, 0.1) is 6.20 Å². The molecule has 136 valence electrons. The summed E-state index contributed by atoms with van der Waals surface area (Å²) >= 11 is 0. The molecule has 0 unspecified atom stereocenters. The van der Waals surface area contributed by atoms with Gasteiger partial charge < -0.3 is 19.7 Å². The number of aromatic nitrogens is 3. The van der Waals surface area contributed by atoms with Crippen molar-refractivity contribution in [1.29, 1.82) is 0 Å². The number of nitrogens with one attached hydrogen (secondary N) is 1. The van der Waals surface area contributed by atoms with E-state index in [1.54, 1.807) is 6.20 Å². The summed E-state index contributed by atoms with van der Waals surface area (Å²) in [5.74, 6) is 3.24. The predicted octanol–water partition coefficient (Wildman–Crippen LogP) is 1.50. The molecular formula is C18H22N6O2. The molecule has 0 bridgehead atoms. The highest BCUT2D eigenvalue weighted by Crippen LogP contribution is 2.33. The lowest BCUT2D eigenvalue weighted by molar-refractivity contribution is 0.174. The highest BCUT2D eigenvalue weighted by molar-refractivity contribution is 5.44. The van der Waals surface area contributed by atoms with Crippen LogP contribution in [0, 0.1) is 0 Å². The molecule has 0 spiro atoms. The highest BCUT2D eigenvalue weighted by atomic mass is 16.7. The summed E-state index contributed by atoms with van der Waals surface area (Å²) in [4.78, 5) is 9.26. The third-order valence-electron chi connectivity index (χ3n) is 4.98. The Hall–Kier alpha value is -2.61. The zero-order valence-corrected chi connectivity index (χ0v) is 14.6. The van der Waals surface area contributed by atoms with Crippen molar-refractivity contribution >= 4 is 11.8 Å². The summed E-state index contributed by atoms with van der Waals surface area (Å²) in [6.45, 7) is 4.97. The van der Waals surface area contributed by atoms with Crippen LogP contribution in [0.5, 0.6) is 11.5 Å². The number of nitrogens with zero attached hydrogens (tertiary/aromatic N) is 5. The van der Waals surface area contributed by atoms with Crippen LogP contribution in [0.25, 0.3) is 0 Å². The van der Waals surface area contributed by atoms with Crippen molar-refractivity contribution in [2.75, 3.05) is 43.2 Å². The number of hydrogen-bond acceptors (Lipinski definition) is 8. The van der Waals surface area contributed by atoms with E-state index < -0.39 is 0 Å². The molecule has 8 heteroatoms. The highest BCUT2D eigenvalue weighted by Gasteiger charge is 2.23. The first-order chi connectivity index (χ1) is 12.8. The molecule has 3 aliphatic rings. The van der Waals surface area contributed by atoms with E-state index in [1.165, 1.54) is 18.4 Å². The molecule has 3 heterocycles. The molecule has 1 saturated heterocycles. The van der Waals surface area contributed by atoms with Crippen molar-refractivity contribution in [1.82, 2.24) is 20.1 Å². The first-order valence-corrected chi connectivity index (χ1v) is 9.15. The second-order valence-electron chi connectivity index (χ2n) is 7.01. The Kier molecular flexibility index (Phi) is 3.97. The number of hydrogen-bond donors (Lipinski definition) is 1. The molecule has 0 radical (unpaired) electrons. The van der Waals surface area contributed by atoms with Crippen molar-refractivity contribution in [3.8, 4) is 11.5 Å². The summed E-state index contributed by atoms with van der Waals surface area (Å²) in [5.41, 5.74) is 1.25. The minimum Gasteiger partial charge on any atom is -0.454 e. The molecule has 2 aliphatic heterocycles. The van der Waals surface area contributed by atoms with E-state index in [2.05, 4.69) is 42.4 Å². The van der Waals surface area contributed by atoms with Crippen LogP contribution in [-0.2, 0) is 6.54 Å². The van der Waals surface area contributed by atoms with Gasteiger partial charge in [-0.25, -0.2) is 0 Å². The summed E-state index contributed by atoms with van der Waals surface area (Å²) < 4.78 is 10.8. The smallest absolute Gasteiger partial charge is 0.247 e. The van der Waals surface area contributed by atoms with Crippen LogP contribution in [0.15, 0.2) is 24.4 Å². The number of fused-ring (bicyclic) bond motifs is 1. The van der Waals surface area contributed by atoms with Crippen molar-refractivity contribution in [3.05, 3.63) is 30.0 Å². The van der Waals surface area contributed by atoms with Gasteiger partial charge in [-0.05, 0) is 30.5 Å². The quantitative estimate of drug-likeness (QED) is 0.866. The van der Waals surface area contributed by atoms with E-state index in [0.29, 0.717) is 12.8 Å². The second-order valence-corrected chi connectivity index (χ2v) is 7.01. The Balaban J connectivity index is 1.18. The number of ether oxygens (including phenoxy) is 2. The van der Waals surface area contributed by atoms with Crippen molar-refractivity contribution in [2.24, 2.45) is 0 Å². The minimum absolute atomic E-state index is 0.320. The molecule has 1 aromatic carbocycles. The van der Waals surface area contributed by atoms with Crippen molar-refractivity contribution in [3.63, 3.8) is 0 Å². The van der Waals surface area contributed by atoms with Gasteiger partial charge in [0.15, 0.2) is 17.3 Å². The Morgan fingerprint density at radius 2 is 1.92 bits per heavy atom. The molecule has 5 rings (SSSR count). The van der Waals surface area contributed by atoms with Gasteiger partial charge in [-0.2, -0.15) is 10.1 Å². The lowest BCUT2D eigenvalue weighted by Gasteiger charge is -2.34. The first-order valence-electron chi connectivity index (χ1n) is 9.15. The summed E-state index contributed by atoms with van der Waals surface area (Å²) in [6.07, 6.45) is 4.15. The van der Waals surface area contributed by atoms with Gasteiger partial charge in [-0.1, -0.05) is 6.07 Å². The Bertz CT molecular complexity index is 789. The largest absolute Gasteiger partial charge is 0.454 e. The van der Waals surface area contributed by atoms with Crippen LogP contribution in [-0.4, -0.2) is 59.1 Å². The van der Waals surface area contributed by atoms with Gasteiger partial charge in [-0.3, -0.25) is 4.90 Å². The van der Waals surface area contributed by atoms with Gasteiger partial charge in [0.25, 0.3) is 0 Å². The fourth-order valence-electron chi connectivity index (χ4n) is 3.34. The maximum atomic E-state index is 5.47. The third-order valence-corrected chi connectivity index (χ3v) is 4.98. The number of rotatable bonds is 5. The van der Waals surface area contributed by atoms with Crippen LogP contribution in [0.2, 0.25) is 0 Å². The maximum Gasteiger partial charge on any atom is 0.247 e. The molecule has 8 nitrogen and oxygen atoms in total. The molecule has 0 atom stereocenters. The number of anilines is 2. The fraction of sp³-hybridized carbons (Fsp3) is 0.500. The predicted molar refractivity (Wildman–Crippen MR) is 96.5 cm³/mol. The van der Waals surface area contributed by atoms with Gasteiger partial charge in [-0.15, -0.1) is 5.10 Å². The summed E-state index contributed by atoms with van der Waals surface area (Å²) in [5, 5.41) is 11.7. The fourth-order valence-corrected chi connectivity index (χ4v) is 3.34. The average molecular weight is 354 g/mol. The zero-order valence-electron chi connectivity index (χ0n) is 14.6. The summed E-state index contributed by atoms with van der Waals surface area (Å²) in [6, 6.07) is 6.75. The van der Waals surface area contributed by atoms with Crippen LogP contribution < -0.4 is 19.7 Å².